The fraction of sp³-hybridized carbons (Fsp3) is 0.238. The van der Waals surface area contributed by atoms with Gasteiger partial charge in [0.15, 0.2) is 0 Å². The van der Waals surface area contributed by atoms with E-state index in [2.05, 4.69) is 36.5 Å². The van der Waals surface area contributed by atoms with E-state index in [4.69, 9.17) is 4.74 Å². The van der Waals surface area contributed by atoms with Crippen LogP contribution in [0.1, 0.15) is 18.2 Å². The van der Waals surface area contributed by atoms with E-state index in [1.54, 1.807) is 40.2 Å². The van der Waals surface area contributed by atoms with Gasteiger partial charge in [0.05, 0.1) is 41.6 Å². The normalized spacial score (nSPS) is 11.7. The number of ether oxygens (including phenoxy) is 1. The Morgan fingerprint density at radius 1 is 1.26 bits per heavy atom. The molecule has 3 aromatic heterocycles. The zero-order valence-corrected chi connectivity index (χ0v) is 17.4. The maximum Gasteiger partial charge on any atom is 0.149 e. The first-order valence-electron chi connectivity index (χ1n) is 9.64. The van der Waals surface area contributed by atoms with Gasteiger partial charge in [0.2, 0.25) is 0 Å². The number of aromatic nitrogens is 7. The summed E-state index contributed by atoms with van der Waals surface area (Å²) in [6.07, 6.45) is 8.12. The molecule has 0 aliphatic carbocycles. The van der Waals surface area contributed by atoms with Gasteiger partial charge in [0, 0.05) is 18.8 Å². The van der Waals surface area contributed by atoms with Gasteiger partial charge < -0.3 is 10.1 Å². The summed E-state index contributed by atoms with van der Waals surface area (Å²) in [7, 11) is 1.87. The molecule has 1 aromatic carbocycles. The molecule has 156 valence electrons. The molecule has 4 aromatic rings. The molecule has 31 heavy (non-hydrogen) atoms. The number of nitrogens with one attached hydrogen (secondary N) is 1. The molecular weight excluding hydrogens is 394 g/mol. The third-order valence-corrected chi connectivity index (χ3v) is 4.56. The van der Waals surface area contributed by atoms with Crippen LogP contribution >= 0.6 is 0 Å². The van der Waals surface area contributed by atoms with Crippen LogP contribution < -0.4 is 10.1 Å². The Balaban J connectivity index is 1.51. The molecule has 0 radical (unpaired) electrons. The van der Waals surface area contributed by atoms with E-state index in [1.807, 2.05) is 33.2 Å². The van der Waals surface area contributed by atoms with E-state index in [-0.39, 0.29) is 6.10 Å². The molecule has 10 heteroatoms. The monoisotopic (exact) mass is 415 g/mol. The molecule has 1 atom stereocenters. The van der Waals surface area contributed by atoms with Crippen molar-refractivity contribution in [3.05, 3.63) is 60.7 Å². The number of nitrogens with zero attached hydrogens (tertiary/aromatic N) is 8. The second-order valence-electron chi connectivity index (χ2n) is 7.08. The number of anilines is 2. The Morgan fingerprint density at radius 2 is 2.13 bits per heavy atom. The summed E-state index contributed by atoms with van der Waals surface area (Å²) in [6, 6.07) is 7.52. The lowest BCUT2D eigenvalue weighted by Crippen LogP contribution is -2.20. The van der Waals surface area contributed by atoms with Crippen molar-refractivity contribution in [3.8, 4) is 23.1 Å². The Morgan fingerprint density at radius 3 is 2.77 bits per heavy atom. The molecule has 10 nitrogen and oxygen atoms in total. The number of hydrogen-bond acceptors (Lipinski definition) is 8. The Kier molecular flexibility index (Phi) is 5.57. The summed E-state index contributed by atoms with van der Waals surface area (Å²) in [4.78, 5) is 12.9. The smallest absolute Gasteiger partial charge is 0.149 e. The molecule has 0 aliphatic rings. The van der Waals surface area contributed by atoms with Gasteiger partial charge >= 0.3 is 0 Å². The zero-order chi connectivity index (χ0) is 21.8. The fourth-order valence-corrected chi connectivity index (χ4v) is 3.12. The van der Waals surface area contributed by atoms with Gasteiger partial charge in [0.1, 0.15) is 36.4 Å². The molecule has 0 saturated heterocycles. The summed E-state index contributed by atoms with van der Waals surface area (Å²) in [5.41, 5.74) is 3.68. The van der Waals surface area contributed by atoms with Gasteiger partial charge in [-0.15, -0.1) is 0 Å². The minimum atomic E-state index is -0.204. The van der Waals surface area contributed by atoms with Crippen molar-refractivity contribution in [2.24, 2.45) is 7.05 Å². The van der Waals surface area contributed by atoms with Crippen molar-refractivity contribution in [2.45, 2.75) is 26.5 Å². The van der Waals surface area contributed by atoms with E-state index in [0.717, 1.165) is 16.9 Å². The molecule has 0 unspecified atom stereocenters. The van der Waals surface area contributed by atoms with E-state index in [0.29, 0.717) is 29.4 Å². The third kappa shape index (κ3) is 4.67. The maximum absolute atomic E-state index is 9.45. The highest BCUT2D eigenvalue weighted by Gasteiger charge is 2.13. The molecular formula is C21H21N9O. The topological polar surface area (TPSA) is 119 Å². The van der Waals surface area contributed by atoms with E-state index in [1.165, 1.54) is 6.33 Å². The van der Waals surface area contributed by atoms with Crippen LogP contribution in [0.25, 0.3) is 11.3 Å². The first-order valence-corrected chi connectivity index (χ1v) is 9.64. The van der Waals surface area contributed by atoms with Crippen molar-refractivity contribution in [2.75, 3.05) is 5.32 Å². The predicted octanol–water partition coefficient (Wildman–Crippen LogP) is 2.86. The van der Waals surface area contributed by atoms with Crippen LogP contribution in [-0.2, 0) is 13.6 Å². The van der Waals surface area contributed by atoms with Crippen molar-refractivity contribution in [1.29, 1.82) is 5.26 Å². The second-order valence-corrected chi connectivity index (χ2v) is 7.08. The lowest BCUT2D eigenvalue weighted by Gasteiger charge is -2.16. The summed E-state index contributed by atoms with van der Waals surface area (Å²) in [5.74, 6) is 1.11. The predicted molar refractivity (Wildman–Crippen MR) is 114 cm³/mol. The molecule has 0 fully saturated rings. The largest absolute Gasteiger partial charge is 0.487 e. The SMILES string of the molecule is Cc1nn(C)cc1Nc1cnc(-c2ccc(C#N)c(O[C@@H](C)Cn3cncn3)c2)cn1. The molecule has 4 rings (SSSR count). The van der Waals surface area contributed by atoms with Crippen LogP contribution in [0, 0.1) is 18.3 Å². The zero-order valence-electron chi connectivity index (χ0n) is 17.4. The number of aryl methyl sites for hydroxylation is 2. The standard InChI is InChI=1S/C21H21N9O/c1-14(10-30-13-23-12-26-30)31-20-6-16(4-5-17(20)7-22)18-8-25-21(9-24-18)27-19-11-29(3)28-15(19)2/h4-6,8-9,11-14H,10H2,1-3H3,(H,25,27)/t14-/m0/s1. The molecule has 0 saturated carbocycles. The van der Waals surface area contributed by atoms with E-state index in [9.17, 15) is 5.26 Å². The number of nitriles is 1. The van der Waals surface area contributed by atoms with Gasteiger partial charge in [-0.25, -0.2) is 14.6 Å². The highest BCUT2D eigenvalue weighted by Crippen LogP contribution is 2.27. The molecule has 0 amide bonds. The second kappa shape index (κ2) is 8.62. The van der Waals surface area contributed by atoms with Gasteiger partial charge in [-0.05, 0) is 26.0 Å². The lowest BCUT2D eigenvalue weighted by molar-refractivity contribution is 0.193. The highest BCUT2D eigenvalue weighted by atomic mass is 16.5. The van der Waals surface area contributed by atoms with Crippen LogP contribution in [0.5, 0.6) is 5.75 Å². The van der Waals surface area contributed by atoms with Crippen molar-refractivity contribution in [1.82, 2.24) is 34.5 Å². The first kappa shape index (κ1) is 20.0. The minimum Gasteiger partial charge on any atom is -0.487 e. The Labute approximate surface area is 179 Å². The van der Waals surface area contributed by atoms with Crippen LogP contribution in [-0.4, -0.2) is 40.6 Å². The molecule has 3 heterocycles. The average molecular weight is 415 g/mol. The minimum absolute atomic E-state index is 0.204. The van der Waals surface area contributed by atoms with Gasteiger partial charge in [-0.1, -0.05) is 6.07 Å². The molecule has 0 bridgehead atoms. The third-order valence-electron chi connectivity index (χ3n) is 4.56. The Bertz CT molecular complexity index is 1210. The summed E-state index contributed by atoms with van der Waals surface area (Å²) in [5, 5.41) is 21.0. The lowest BCUT2D eigenvalue weighted by atomic mass is 10.1. The Hall–Kier alpha value is -4.26. The van der Waals surface area contributed by atoms with Crippen LogP contribution in [0.2, 0.25) is 0 Å². The van der Waals surface area contributed by atoms with Gasteiger partial charge in [-0.2, -0.15) is 15.5 Å². The molecule has 0 spiro atoms. The van der Waals surface area contributed by atoms with Crippen LogP contribution in [0.15, 0.2) is 49.4 Å². The quantitative estimate of drug-likeness (QED) is 0.489. The van der Waals surface area contributed by atoms with Crippen molar-refractivity contribution in [3.63, 3.8) is 0 Å². The molecule has 1 N–H and O–H groups in total. The number of hydrogen-bond donors (Lipinski definition) is 1. The van der Waals surface area contributed by atoms with Crippen LogP contribution in [0.4, 0.5) is 11.5 Å². The first-order chi connectivity index (χ1) is 15.0. The summed E-state index contributed by atoms with van der Waals surface area (Å²) in [6.45, 7) is 4.35. The number of benzene rings is 1. The van der Waals surface area contributed by atoms with Gasteiger partial charge in [0.25, 0.3) is 0 Å². The summed E-state index contributed by atoms with van der Waals surface area (Å²) >= 11 is 0. The van der Waals surface area contributed by atoms with Crippen LogP contribution in [0.3, 0.4) is 0 Å². The summed E-state index contributed by atoms with van der Waals surface area (Å²) < 4.78 is 9.43. The van der Waals surface area contributed by atoms with Crippen molar-refractivity contribution < 1.29 is 4.74 Å². The van der Waals surface area contributed by atoms with E-state index < -0.39 is 0 Å². The average Bonchev–Trinajstić information content (AvgIpc) is 3.37. The number of rotatable bonds is 7. The van der Waals surface area contributed by atoms with Gasteiger partial charge in [-0.3, -0.25) is 9.67 Å². The fourth-order valence-electron chi connectivity index (χ4n) is 3.12. The maximum atomic E-state index is 9.45. The highest BCUT2D eigenvalue weighted by molar-refractivity contribution is 5.65. The van der Waals surface area contributed by atoms with E-state index >= 15 is 0 Å². The van der Waals surface area contributed by atoms with Crippen molar-refractivity contribution >= 4 is 11.5 Å². The molecule has 0 aliphatic heterocycles.